The van der Waals surface area contributed by atoms with E-state index in [0.717, 1.165) is 24.8 Å². The number of hydrogen-bond acceptors (Lipinski definition) is 2. The van der Waals surface area contributed by atoms with Crippen LogP contribution in [0.4, 0.5) is 0 Å². The quantitative estimate of drug-likeness (QED) is 0.815. The molecule has 2 aliphatic rings. The van der Waals surface area contributed by atoms with Crippen molar-refractivity contribution in [3.63, 3.8) is 0 Å². The van der Waals surface area contributed by atoms with E-state index in [-0.39, 0.29) is 12.0 Å². The van der Waals surface area contributed by atoms with E-state index in [0.29, 0.717) is 24.2 Å². The first kappa shape index (κ1) is 13.8. The van der Waals surface area contributed by atoms with Gasteiger partial charge in [-0.2, -0.15) is 0 Å². The minimum atomic E-state index is -0.317. The zero-order valence-corrected chi connectivity index (χ0v) is 12.5. The summed E-state index contributed by atoms with van der Waals surface area (Å²) in [5, 5.41) is 0. The van der Waals surface area contributed by atoms with Gasteiger partial charge in [-0.3, -0.25) is 4.79 Å². The fourth-order valence-corrected chi connectivity index (χ4v) is 4.02. The Hall–Kier alpha value is -1.15. The van der Waals surface area contributed by atoms with Crippen LogP contribution in [0, 0.1) is 17.8 Å². The largest absolute Gasteiger partial charge is 0.365 e. The first-order valence-electron chi connectivity index (χ1n) is 7.88. The van der Waals surface area contributed by atoms with Crippen molar-refractivity contribution in [2.75, 3.05) is 6.61 Å². The molecule has 0 saturated heterocycles. The SMILES string of the molecule is CC1CC(C)CC(C(=O)C2OCCc3ccccc32)C1. The number of benzene rings is 1. The Balaban J connectivity index is 1.81. The van der Waals surface area contributed by atoms with Gasteiger partial charge >= 0.3 is 0 Å². The molecule has 1 aliphatic carbocycles. The normalized spacial score (nSPS) is 33.5. The van der Waals surface area contributed by atoms with Crippen LogP contribution in [0.15, 0.2) is 24.3 Å². The van der Waals surface area contributed by atoms with Crippen molar-refractivity contribution in [3.05, 3.63) is 35.4 Å². The fourth-order valence-electron chi connectivity index (χ4n) is 4.02. The molecule has 20 heavy (non-hydrogen) atoms. The summed E-state index contributed by atoms with van der Waals surface area (Å²) in [6.07, 6.45) is 3.93. The van der Waals surface area contributed by atoms with Gasteiger partial charge < -0.3 is 4.74 Å². The van der Waals surface area contributed by atoms with Gasteiger partial charge in [-0.15, -0.1) is 0 Å². The number of rotatable bonds is 2. The molecular formula is C18H24O2. The molecule has 1 heterocycles. The van der Waals surface area contributed by atoms with E-state index in [4.69, 9.17) is 4.74 Å². The zero-order valence-electron chi connectivity index (χ0n) is 12.5. The number of carbonyl (C=O) groups excluding carboxylic acids is 1. The van der Waals surface area contributed by atoms with Crippen LogP contribution >= 0.6 is 0 Å². The molecule has 3 unspecified atom stereocenters. The third kappa shape index (κ3) is 2.67. The molecule has 0 spiro atoms. The van der Waals surface area contributed by atoms with Crippen molar-refractivity contribution >= 4 is 5.78 Å². The van der Waals surface area contributed by atoms with Crippen molar-refractivity contribution < 1.29 is 9.53 Å². The minimum absolute atomic E-state index is 0.185. The Morgan fingerprint density at radius 3 is 2.55 bits per heavy atom. The van der Waals surface area contributed by atoms with Crippen molar-refractivity contribution in [1.82, 2.24) is 0 Å². The highest BCUT2D eigenvalue weighted by molar-refractivity contribution is 5.87. The van der Waals surface area contributed by atoms with Crippen molar-refractivity contribution in [1.29, 1.82) is 0 Å². The van der Waals surface area contributed by atoms with Gasteiger partial charge in [-0.25, -0.2) is 0 Å². The van der Waals surface area contributed by atoms with E-state index in [1.807, 2.05) is 6.07 Å². The Bertz CT molecular complexity index is 484. The lowest BCUT2D eigenvalue weighted by Crippen LogP contribution is -2.33. The highest BCUT2D eigenvalue weighted by atomic mass is 16.5. The first-order valence-corrected chi connectivity index (χ1v) is 7.88. The molecule has 1 fully saturated rings. The minimum Gasteiger partial charge on any atom is -0.365 e. The lowest BCUT2D eigenvalue weighted by Gasteiger charge is -2.34. The standard InChI is InChI=1S/C18H24O2/c1-12-9-13(2)11-15(10-12)17(19)18-16-6-4-3-5-14(16)7-8-20-18/h3-6,12-13,15,18H,7-11H2,1-2H3. The molecule has 0 aromatic heterocycles. The van der Waals surface area contributed by atoms with E-state index < -0.39 is 0 Å². The second kappa shape index (κ2) is 5.69. The van der Waals surface area contributed by atoms with E-state index in [1.165, 1.54) is 12.0 Å². The molecule has 0 amide bonds. The molecule has 0 N–H and O–H groups in total. The average molecular weight is 272 g/mol. The van der Waals surface area contributed by atoms with E-state index in [9.17, 15) is 4.79 Å². The maximum Gasteiger partial charge on any atom is 0.169 e. The maximum atomic E-state index is 12.9. The third-order valence-electron chi connectivity index (χ3n) is 4.83. The van der Waals surface area contributed by atoms with Crippen LogP contribution < -0.4 is 0 Å². The third-order valence-corrected chi connectivity index (χ3v) is 4.83. The van der Waals surface area contributed by atoms with E-state index in [1.54, 1.807) is 0 Å². The highest BCUT2D eigenvalue weighted by Crippen LogP contribution is 2.38. The van der Waals surface area contributed by atoms with Crippen LogP contribution in [0.2, 0.25) is 0 Å². The summed E-state index contributed by atoms with van der Waals surface area (Å²) in [6.45, 7) is 5.21. The van der Waals surface area contributed by atoms with Gasteiger partial charge in [0.2, 0.25) is 0 Å². The molecule has 1 aromatic carbocycles. The Morgan fingerprint density at radius 1 is 1.10 bits per heavy atom. The molecular weight excluding hydrogens is 248 g/mol. The van der Waals surface area contributed by atoms with Crippen LogP contribution in [0.5, 0.6) is 0 Å². The Morgan fingerprint density at radius 2 is 1.80 bits per heavy atom. The van der Waals surface area contributed by atoms with Crippen LogP contribution in [0.25, 0.3) is 0 Å². The highest BCUT2D eigenvalue weighted by Gasteiger charge is 2.36. The molecule has 1 aromatic rings. The fraction of sp³-hybridized carbons (Fsp3) is 0.611. The summed E-state index contributed by atoms with van der Waals surface area (Å²) in [7, 11) is 0. The summed E-state index contributed by atoms with van der Waals surface area (Å²) in [5.41, 5.74) is 2.39. The van der Waals surface area contributed by atoms with Gasteiger partial charge in [0.15, 0.2) is 5.78 Å². The molecule has 3 atom stereocenters. The number of fused-ring (bicyclic) bond motifs is 1. The summed E-state index contributed by atoms with van der Waals surface area (Å²) < 4.78 is 5.84. The van der Waals surface area contributed by atoms with Gasteiger partial charge in [0.1, 0.15) is 6.10 Å². The Labute approximate surface area is 121 Å². The van der Waals surface area contributed by atoms with Crippen LogP contribution in [0.3, 0.4) is 0 Å². The molecule has 1 saturated carbocycles. The average Bonchev–Trinajstić information content (AvgIpc) is 2.45. The summed E-state index contributed by atoms with van der Waals surface area (Å²) in [4.78, 5) is 12.9. The topological polar surface area (TPSA) is 26.3 Å². The number of carbonyl (C=O) groups is 1. The van der Waals surface area contributed by atoms with Gasteiger partial charge in [-0.1, -0.05) is 38.1 Å². The summed E-state index contributed by atoms with van der Waals surface area (Å²) in [5.74, 6) is 1.82. The maximum absolute atomic E-state index is 12.9. The molecule has 2 nitrogen and oxygen atoms in total. The van der Waals surface area contributed by atoms with Crippen LogP contribution in [-0.4, -0.2) is 12.4 Å². The van der Waals surface area contributed by atoms with Crippen molar-refractivity contribution in [3.8, 4) is 0 Å². The number of hydrogen-bond donors (Lipinski definition) is 0. The predicted octanol–water partition coefficient (Wildman–Crippen LogP) is 3.94. The molecule has 0 radical (unpaired) electrons. The molecule has 1 aliphatic heterocycles. The van der Waals surface area contributed by atoms with E-state index >= 15 is 0 Å². The second-order valence-electron chi connectivity index (χ2n) is 6.72. The summed E-state index contributed by atoms with van der Waals surface area (Å²) in [6, 6.07) is 8.26. The monoisotopic (exact) mass is 272 g/mol. The van der Waals surface area contributed by atoms with Crippen LogP contribution in [0.1, 0.15) is 50.3 Å². The number of ether oxygens (including phenoxy) is 1. The van der Waals surface area contributed by atoms with Crippen molar-refractivity contribution in [2.45, 2.75) is 45.6 Å². The molecule has 2 heteroatoms. The van der Waals surface area contributed by atoms with E-state index in [2.05, 4.69) is 32.0 Å². The number of ketones is 1. The number of Topliss-reactive ketones (excluding diaryl/α,β-unsaturated/α-hetero) is 1. The second-order valence-corrected chi connectivity index (χ2v) is 6.72. The molecule has 108 valence electrons. The zero-order chi connectivity index (χ0) is 14.1. The van der Waals surface area contributed by atoms with Crippen molar-refractivity contribution in [2.24, 2.45) is 17.8 Å². The lowest BCUT2D eigenvalue weighted by molar-refractivity contribution is -0.138. The Kier molecular flexibility index (Phi) is 3.93. The summed E-state index contributed by atoms with van der Waals surface area (Å²) >= 11 is 0. The van der Waals surface area contributed by atoms with Gasteiger partial charge in [0.05, 0.1) is 6.61 Å². The van der Waals surface area contributed by atoms with Gasteiger partial charge in [0.25, 0.3) is 0 Å². The molecule has 0 bridgehead atoms. The first-order chi connectivity index (χ1) is 9.65. The molecule has 3 rings (SSSR count). The predicted molar refractivity (Wildman–Crippen MR) is 79.5 cm³/mol. The van der Waals surface area contributed by atoms with Crippen LogP contribution in [-0.2, 0) is 16.0 Å². The van der Waals surface area contributed by atoms with Gasteiger partial charge in [0, 0.05) is 5.92 Å². The lowest BCUT2D eigenvalue weighted by atomic mass is 9.73. The van der Waals surface area contributed by atoms with Gasteiger partial charge in [-0.05, 0) is 48.6 Å². The smallest absolute Gasteiger partial charge is 0.169 e.